The molecule has 0 aromatic carbocycles. The Morgan fingerprint density at radius 1 is 1.62 bits per heavy atom. The van der Waals surface area contributed by atoms with E-state index in [1.54, 1.807) is 6.20 Å². The van der Waals surface area contributed by atoms with Gasteiger partial charge < -0.3 is 9.84 Å². The summed E-state index contributed by atoms with van der Waals surface area (Å²) < 4.78 is 7.85. The summed E-state index contributed by atoms with van der Waals surface area (Å²) in [6.07, 6.45) is 6.40. The first-order valence-corrected chi connectivity index (χ1v) is 6.88. The van der Waals surface area contributed by atoms with Crippen LogP contribution in [0.4, 0.5) is 0 Å². The van der Waals surface area contributed by atoms with Gasteiger partial charge in [0.2, 0.25) is 0 Å². The number of hydrogen-bond acceptors (Lipinski definition) is 4. The van der Waals surface area contributed by atoms with Crippen molar-refractivity contribution in [3.8, 4) is 5.75 Å². The molecule has 2 aliphatic rings. The molecule has 2 unspecified atom stereocenters. The second-order valence-electron chi connectivity index (χ2n) is 4.66. The van der Waals surface area contributed by atoms with E-state index in [0.717, 1.165) is 31.6 Å². The predicted octanol–water partition coefficient (Wildman–Crippen LogP) is 1.82. The van der Waals surface area contributed by atoms with Crippen LogP contribution in [0.3, 0.4) is 0 Å². The normalized spacial score (nSPS) is 34.6. The number of ether oxygens (including phenoxy) is 1. The molecule has 4 nitrogen and oxygen atoms in total. The van der Waals surface area contributed by atoms with Crippen LogP contribution in [-0.2, 0) is 4.74 Å². The molecule has 2 fully saturated rings. The van der Waals surface area contributed by atoms with Crippen LogP contribution in [0.1, 0.15) is 25.3 Å². The maximum Gasteiger partial charge on any atom is 0.153 e. The summed E-state index contributed by atoms with van der Waals surface area (Å²) >= 11 is 1.98. The van der Waals surface area contributed by atoms with Gasteiger partial charge in [0.05, 0.1) is 24.0 Å². The second kappa shape index (κ2) is 3.96. The summed E-state index contributed by atoms with van der Waals surface area (Å²) in [6.45, 7) is 0.811. The summed E-state index contributed by atoms with van der Waals surface area (Å²) in [6, 6.07) is 0.383. The zero-order valence-electron chi connectivity index (χ0n) is 9.13. The molecule has 1 N–H and O–H groups in total. The third-order valence-corrected chi connectivity index (χ3v) is 4.72. The molecular weight excluding hydrogens is 224 g/mol. The lowest BCUT2D eigenvalue weighted by Crippen LogP contribution is -2.40. The summed E-state index contributed by atoms with van der Waals surface area (Å²) in [7, 11) is 0. The molecule has 3 rings (SSSR count). The van der Waals surface area contributed by atoms with E-state index in [1.807, 2.05) is 16.4 Å². The Kier molecular flexibility index (Phi) is 2.59. The number of thioether (sulfide) groups is 1. The van der Waals surface area contributed by atoms with E-state index in [4.69, 9.17) is 4.74 Å². The van der Waals surface area contributed by atoms with Crippen LogP contribution >= 0.6 is 11.8 Å². The fourth-order valence-corrected chi connectivity index (χ4v) is 4.00. The van der Waals surface area contributed by atoms with Gasteiger partial charge >= 0.3 is 0 Å². The molecule has 2 atom stereocenters. The van der Waals surface area contributed by atoms with Crippen molar-refractivity contribution in [3.63, 3.8) is 0 Å². The van der Waals surface area contributed by atoms with Crippen molar-refractivity contribution in [2.75, 3.05) is 18.1 Å². The van der Waals surface area contributed by atoms with Gasteiger partial charge in [0.1, 0.15) is 0 Å². The smallest absolute Gasteiger partial charge is 0.153 e. The summed E-state index contributed by atoms with van der Waals surface area (Å²) in [5.41, 5.74) is 0.0785. The highest BCUT2D eigenvalue weighted by Gasteiger charge is 2.41. The van der Waals surface area contributed by atoms with E-state index in [1.165, 1.54) is 11.9 Å². The first-order valence-electron chi connectivity index (χ1n) is 5.72. The van der Waals surface area contributed by atoms with Crippen LogP contribution in [-0.4, -0.2) is 38.6 Å². The molecule has 16 heavy (non-hydrogen) atoms. The van der Waals surface area contributed by atoms with Gasteiger partial charge in [-0.15, -0.1) is 0 Å². The molecule has 0 radical (unpaired) electrons. The number of rotatable bonds is 1. The fourth-order valence-electron chi connectivity index (χ4n) is 2.62. The molecule has 0 bridgehead atoms. The Hall–Kier alpha value is -0.680. The van der Waals surface area contributed by atoms with Gasteiger partial charge in [-0.1, -0.05) is 0 Å². The van der Waals surface area contributed by atoms with E-state index < -0.39 is 0 Å². The van der Waals surface area contributed by atoms with Crippen molar-refractivity contribution in [2.45, 2.75) is 30.9 Å². The minimum absolute atomic E-state index is 0.0785. The van der Waals surface area contributed by atoms with Gasteiger partial charge in [-0.2, -0.15) is 16.9 Å². The highest BCUT2D eigenvalue weighted by Crippen LogP contribution is 2.41. The van der Waals surface area contributed by atoms with Crippen LogP contribution in [0, 0.1) is 0 Å². The Bertz CT molecular complexity index is 374. The molecule has 1 spiro atoms. The number of hydrogen-bond donors (Lipinski definition) is 1. The van der Waals surface area contributed by atoms with Crippen molar-refractivity contribution in [1.82, 2.24) is 9.78 Å². The summed E-state index contributed by atoms with van der Waals surface area (Å²) in [5, 5.41) is 13.5. The maximum atomic E-state index is 9.32. The molecular formula is C11H16N2O2S. The van der Waals surface area contributed by atoms with Gasteiger partial charge in [0.15, 0.2) is 5.75 Å². The summed E-state index contributed by atoms with van der Waals surface area (Å²) in [4.78, 5) is 0. The van der Waals surface area contributed by atoms with Gasteiger partial charge in [-0.05, 0) is 25.0 Å². The monoisotopic (exact) mass is 240 g/mol. The van der Waals surface area contributed by atoms with E-state index in [9.17, 15) is 5.11 Å². The highest BCUT2D eigenvalue weighted by atomic mass is 32.2. The van der Waals surface area contributed by atoms with Crippen LogP contribution in [0.5, 0.6) is 5.75 Å². The molecule has 3 heterocycles. The molecule has 0 saturated carbocycles. The van der Waals surface area contributed by atoms with Gasteiger partial charge in [-0.3, -0.25) is 4.68 Å². The van der Waals surface area contributed by atoms with Crippen molar-refractivity contribution in [2.24, 2.45) is 0 Å². The molecule has 2 aliphatic heterocycles. The Balaban J connectivity index is 1.77. The van der Waals surface area contributed by atoms with Crippen molar-refractivity contribution in [3.05, 3.63) is 12.4 Å². The third-order valence-electron chi connectivity index (χ3n) is 3.50. The average Bonchev–Trinajstić information content (AvgIpc) is 2.89. The quantitative estimate of drug-likeness (QED) is 0.813. The first kappa shape index (κ1) is 10.5. The lowest BCUT2D eigenvalue weighted by atomic mass is 9.90. The zero-order chi connectivity index (χ0) is 11.0. The van der Waals surface area contributed by atoms with E-state index in [2.05, 4.69) is 5.10 Å². The molecule has 0 amide bonds. The molecule has 5 heteroatoms. The van der Waals surface area contributed by atoms with Gasteiger partial charge in [0.25, 0.3) is 0 Å². The van der Waals surface area contributed by atoms with E-state index in [-0.39, 0.29) is 11.4 Å². The summed E-state index contributed by atoms with van der Waals surface area (Å²) in [5.74, 6) is 2.56. The second-order valence-corrected chi connectivity index (χ2v) is 5.76. The van der Waals surface area contributed by atoms with Crippen LogP contribution < -0.4 is 0 Å². The lowest BCUT2D eigenvalue weighted by Gasteiger charge is -2.37. The van der Waals surface area contributed by atoms with Crippen molar-refractivity contribution < 1.29 is 9.84 Å². The zero-order valence-corrected chi connectivity index (χ0v) is 9.95. The third kappa shape index (κ3) is 1.82. The predicted molar refractivity (Wildman–Crippen MR) is 62.8 cm³/mol. The molecule has 0 aliphatic carbocycles. The Morgan fingerprint density at radius 2 is 2.56 bits per heavy atom. The Labute approximate surface area is 99.0 Å². The molecule has 1 aromatic rings. The van der Waals surface area contributed by atoms with Crippen molar-refractivity contribution >= 4 is 11.8 Å². The molecule has 1 aromatic heterocycles. The van der Waals surface area contributed by atoms with Crippen LogP contribution in [0.15, 0.2) is 12.4 Å². The fraction of sp³-hybridized carbons (Fsp3) is 0.727. The lowest BCUT2D eigenvalue weighted by molar-refractivity contribution is -0.0778. The average molecular weight is 240 g/mol. The number of nitrogens with zero attached hydrogens (tertiary/aromatic N) is 2. The molecule has 88 valence electrons. The highest BCUT2D eigenvalue weighted by molar-refractivity contribution is 7.99. The minimum atomic E-state index is 0.0785. The topological polar surface area (TPSA) is 47.3 Å². The van der Waals surface area contributed by atoms with Crippen LogP contribution in [0.2, 0.25) is 0 Å². The SMILES string of the molecule is Oc1cnn(C2CCOC3(CCSC3)C2)c1. The van der Waals surface area contributed by atoms with E-state index >= 15 is 0 Å². The van der Waals surface area contributed by atoms with Gasteiger partial charge in [-0.25, -0.2) is 0 Å². The first-order chi connectivity index (χ1) is 7.77. The van der Waals surface area contributed by atoms with Crippen molar-refractivity contribution in [1.29, 1.82) is 0 Å². The Morgan fingerprint density at radius 3 is 3.25 bits per heavy atom. The standard InChI is InChI=1S/C11H16N2O2S/c14-10-6-12-13(7-10)9-1-3-15-11(5-9)2-4-16-8-11/h6-7,9,14H,1-5,8H2. The van der Waals surface area contributed by atoms with Crippen LogP contribution in [0.25, 0.3) is 0 Å². The van der Waals surface area contributed by atoms with Gasteiger partial charge in [0, 0.05) is 12.4 Å². The number of aromatic nitrogens is 2. The maximum absolute atomic E-state index is 9.32. The number of aromatic hydroxyl groups is 1. The molecule has 2 saturated heterocycles. The van der Waals surface area contributed by atoms with E-state index in [0.29, 0.717) is 6.04 Å². The minimum Gasteiger partial charge on any atom is -0.505 e. The largest absolute Gasteiger partial charge is 0.505 e.